The molecule has 0 bridgehead atoms. The van der Waals surface area contributed by atoms with E-state index in [4.69, 9.17) is 16.3 Å². The Hall–Kier alpha value is -2.33. The first-order chi connectivity index (χ1) is 9.97. The summed E-state index contributed by atoms with van der Waals surface area (Å²) in [7, 11) is 0. The minimum Gasteiger partial charge on any atom is -0.488 e. The average molecular weight is 305 g/mol. The zero-order valence-corrected chi connectivity index (χ0v) is 12.1. The van der Waals surface area contributed by atoms with Gasteiger partial charge in [0.2, 0.25) is 0 Å². The molecule has 0 saturated carbocycles. The van der Waals surface area contributed by atoms with E-state index in [2.05, 4.69) is 0 Å². The van der Waals surface area contributed by atoms with Gasteiger partial charge in [-0.2, -0.15) is 0 Å². The van der Waals surface area contributed by atoms with Crippen LogP contribution in [0.1, 0.15) is 33.2 Å². The van der Waals surface area contributed by atoms with Crippen molar-refractivity contribution in [3.63, 3.8) is 0 Å². The van der Waals surface area contributed by atoms with Crippen molar-refractivity contribution in [2.45, 2.75) is 13.5 Å². The monoisotopic (exact) mass is 304 g/mol. The molecule has 0 aromatic heterocycles. The number of benzene rings is 2. The molecule has 108 valence electrons. The number of aromatic carboxylic acids is 1. The van der Waals surface area contributed by atoms with Crippen LogP contribution in [0.3, 0.4) is 0 Å². The van der Waals surface area contributed by atoms with Gasteiger partial charge in [-0.1, -0.05) is 23.7 Å². The van der Waals surface area contributed by atoms with Crippen molar-refractivity contribution in [2.75, 3.05) is 0 Å². The highest BCUT2D eigenvalue weighted by Crippen LogP contribution is 2.22. The summed E-state index contributed by atoms with van der Waals surface area (Å²) in [6.07, 6.45) is 0. The number of hydrogen-bond acceptors (Lipinski definition) is 3. The van der Waals surface area contributed by atoms with Crippen LogP contribution >= 0.6 is 11.6 Å². The van der Waals surface area contributed by atoms with Crippen molar-refractivity contribution in [1.82, 2.24) is 0 Å². The summed E-state index contributed by atoms with van der Waals surface area (Å²) >= 11 is 5.79. The summed E-state index contributed by atoms with van der Waals surface area (Å²) < 4.78 is 5.52. The van der Waals surface area contributed by atoms with Crippen LogP contribution in [0, 0.1) is 0 Å². The zero-order valence-electron chi connectivity index (χ0n) is 11.3. The van der Waals surface area contributed by atoms with Gasteiger partial charge in [-0.15, -0.1) is 0 Å². The van der Waals surface area contributed by atoms with E-state index in [1.165, 1.54) is 19.1 Å². The van der Waals surface area contributed by atoms with Gasteiger partial charge in [0.1, 0.15) is 17.9 Å². The summed E-state index contributed by atoms with van der Waals surface area (Å²) in [6.45, 7) is 1.60. The maximum atomic E-state index is 11.3. The van der Waals surface area contributed by atoms with Crippen LogP contribution in [-0.4, -0.2) is 16.9 Å². The molecule has 0 aliphatic rings. The first-order valence-corrected chi connectivity index (χ1v) is 6.60. The molecular weight excluding hydrogens is 292 g/mol. The van der Waals surface area contributed by atoms with Crippen molar-refractivity contribution in [2.24, 2.45) is 0 Å². The van der Waals surface area contributed by atoms with Gasteiger partial charge in [-0.3, -0.25) is 4.79 Å². The maximum Gasteiger partial charge on any atom is 0.339 e. The lowest BCUT2D eigenvalue weighted by molar-refractivity contribution is 0.0691. The topological polar surface area (TPSA) is 63.6 Å². The largest absolute Gasteiger partial charge is 0.488 e. The third-order valence-corrected chi connectivity index (χ3v) is 3.18. The van der Waals surface area contributed by atoms with Crippen LogP contribution in [0.5, 0.6) is 5.75 Å². The second-order valence-corrected chi connectivity index (χ2v) is 4.92. The second kappa shape index (κ2) is 6.41. The van der Waals surface area contributed by atoms with Gasteiger partial charge < -0.3 is 9.84 Å². The molecule has 0 aliphatic heterocycles. The molecule has 0 heterocycles. The smallest absolute Gasteiger partial charge is 0.339 e. The zero-order chi connectivity index (χ0) is 15.4. The Kier molecular flexibility index (Phi) is 4.60. The Labute approximate surface area is 126 Å². The Morgan fingerprint density at radius 2 is 1.81 bits per heavy atom. The number of rotatable bonds is 5. The molecule has 2 rings (SSSR count). The molecule has 4 nitrogen and oxygen atoms in total. The number of hydrogen-bond donors (Lipinski definition) is 1. The Morgan fingerprint density at radius 3 is 2.38 bits per heavy atom. The number of carboxylic acid groups (broad SMARTS) is 1. The number of ketones is 1. The Balaban J connectivity index is 2.21. The molecule has 0 spiro atoms. The fourth-order valence-electron chi connectivity index (χ4n) is 1.78. The molecule has 2 aromatic rings. The van der Waals surface area contributed by atoms with Crippen LogP contribution in [0.15, 0.2) is 42.5 Å². The number of carbonyl (C=O) groups excluding carboxylic acids is 1. The van der Waals surface area contributed by atoms with Gasteiger partial charge in [0.15, 0.2) is 5.78 Å². The highest BCUT2D eigenvalue weighted by molar-refractivity contribution is 6.30. The number of carboxylic acids is 1. The van der Waals surface area contributed by atoms with E-state index < -0.39 is 5.97 Å². The van der Waals surface area contributed by atoms with E-state index in [9.17, 15) is 14.7 Å². The van der Waals surface area contributed by atoms with E-state index >= 15 is 0 Å². The minimum atomic E-state index is -1.13. The SMILES string of the molecule is CC(=O)c1ccc(OCc2ccc(Cl)cc2)c(C(=O)O)c1. The molecule has 1 N–H and O–H groups in total. The van der Waals surface area contributed by atoms with Gasteiger partial charge in [-0.25, -0.2) is 4.79 Å². The van der Waals surface area contributed by atoms with E-state index in [1.807, 2.05) is 0 Å². The van der Waals surface area contributed by atoms with Crippen LogP contribution in [0.2, 0.25) is 5.02 Å². The number of ether oxygens (including phenoxy) is 1. The molecule has 0 radical (unpaired) electrons. The van der Waals surface area contributed by atoms with Crippen molar-refractivity contribution in [3.8, 4) is 5.75 Å². The lowest BCUT2D eigenvalue weighted by Crippen LogP contribution is -2.05. The Morgan fingerprint density at radius 1 is 1.14 bits per heavy atom. The second-order valence-electron chi connectivity index (χ2n) is 4.49. The number of carbonyl (C=O) groups is 2. The summed E-state index contributed by atoms with van der Waals surface area (Å²) in [4.78, 5) is 22.5. The van der Waals surface area contributed by atoms with Gasteiger partial charge >= 0.3 is 5.97 Å². The van der Waals surface area contributed by atoms with E-state index in [1.54, 1.807) is 30.3 Å². The highest BCUT2D eigenvalue weighted by Gasteiger charge is 2.14. The van der Waals surface area contributed by atoms with Crippen molar-refractivity contribution >= 4 is 23.4 Å². The summed E-state index contributed by atoms with van der Waals surface area (Å²) in [6, 6.07) is 11.4. The highest BCUT2D eigenvalue weighted by atomic mass is 35.5. The molecule has 21 heavy (non-hydrogen) atoms. The quantitative estimate of drug-likeness (QED) is 0.853. The molecular formula is C16H13ClO4. The fourth-order valence-corrected chi connectivity index (χ4v) is 1.91. The molecule has 0 atom stereocenters. The van der Waals surface area contributed by atoms with E-state index in [0.29, 0.717) is 10.6 Å². The predicted molar refractivity (Wildman–Crippen MR) is 79.2 cm³/mol. The van der Waals surface area contributed by atoms with Crippen LogP contribution in [0.4, 0.5) is 0 Å². The van der Waals surface area contributed by atoms with Gasteiger partial charge in [0.05, 0.1) is 0 Å². The Bertz CT molecular complexity index is 677. The van der Waals surface area contributed by atoms with Gasteiger partial charge in [0, 0.05) is 10.6 Å². The van der Waals surface area contributed by atoms with Crippen molar-refractivity contribution in [1.29, 1.82) is 0 Å². The first-order valence-electron chi connectivity index (χ1n) is 6.23. The minimum absolute atomic E-state index is 0.0309. The number of Topliss-reactive ketones (excluding diaryl/α,β-unsaturated/α-hetero) is 1. The summed E-state index contributed by atoms with van der Waals surface area (Å²) in [5.74, 6) is -1.10. The third kappa shape index (κ3) is 3.83. The normalized spacial score (nSPS) is 10.2. The molecule has 0 saturated heterocycles. The molecule has 0 unspecified atom stereocenters. The van der Waals surface area contributed by atoms with Gasteiger partial charge in [-0.05, 0) is 42.8 Å². The average Bonchev–Trinajstić information content (AvgIpc) is 2.46. The van der Waals surface area contributed by atoms with E-state index in [-0.39, 0.29) is 23.7 Å². The standard InChI is InChI=1S/C16H13ClO4/c1-10(18)12-4-7-15(14(8-12)16(19)20)21-9-11-2-5-13(17)6-3-11/h2-8H,9H2,1H3,(H,19,20). The van der Waals surface area contributed by atoms with Crippen LogP contribution in [0.25, 0.3) is 0 Å². The summed E-state index contributed by atoms with van der Waals surface area (Å²) in [5, 5.41) is 9.82. The van der Waals surface area contributed by atoms with Crippen molar-refractivity contribution in [3.05, 3.63) is 64.2 Å². The lowest BCUT2D eigenvalue weighted by Gasteiger charge is -2.10. The van der Waals surface area contributed by atoms with Crippen LogP contribution < -0.4 is 4.74 Å². The van der Waals surface area contributed by atoms with Crippen molar-refractivity contribution < 1.29 is 19.4 Å². The van der Waals surface area contributed by atoms with Gasteiger partial charge in [0.25, 0.3) is 0 Å². The van der Waals surface area contributed by atoms with Crippen LogP contribution in [-0.2, 0) is 6.61 Å². The number of halogens is 1. The predicted octanol–water partition coefficient (Wildman–Crippen LogP) is 3.82. The van der Waals surface area contributed by atoms with E-state index in [0.717, 1.165) is 5.56 Å². The molecule has 0 amide bonds. The molecule has 2 aromatic carbocycles. The molecule has 0 fully saturated rings. The fraction of sp³-hybridized carbons (Fsp3) is 0.125. The third-order valence-electron chi connectivity index (χ3n) is 2.92. The maximum absolute atomic E-state index is 11.3. The molecule has 0 aliphatic carbocycles. The lowest BCUT2D eigenvalue weighted by atomic mass is 10.1. The molecule has 5 heteroatoms. The first kappa shape index (κ1) is 15.1. The summed E-state index contributed by atoms with van der Waals surface area (Å²) in [5.41, 5.74) is 1.18.